The van der Waals surface area contributed by atoms with E-state index in [1.165, 1.54) is 27.6 Å². The molecule has 0 bridgehead atoms. The molecule has 0 radical (unpaired) electrons. The lowest BCUT2D eigenvalue weighted by Gasteiger charge is -1.99. The summed E-state index contributed by atoms with van der Waals surface area (Å²) in [5.41, 5.74) is 5.19. The molecule has 0 spiro atoms. The van der Waals surface area contributed by atoms with Gasteiger partial charge in [-0.25, -0.2) is 0 Å². The highest BCUT2D eigenvalue weighted by Gasteiger charge is 2.07. The Labute approximate surface area is 101 Å². The van der Waals surface area contributed by atoms with Crippen LogP contribution in [0, 0.1) is 6.92 Å². The minimum Gasteiger partial charge on any atom is -0.350 e. The molecule has 0 aliphatic carbocycles. The van der Waals surface area contributed by atoms with Crippen molar-refractivity contribution in [1.82, 2.24) is 4.57 Å². The fraction of sp³-hybridized carbons (Fsp3) is 0.125. The van der Waals surface area contributed by atoms with Crippen molar-refractivity contribution in [2.45, 2.75) is 6.92 Å². The molecule has 2 aromatic carbocycles. The van der Waals surface area contributed by atoms with Crippen LogP contribution >= 0.6 is 0 Å². The summed E-state index contributed by atoms with van der Waals surface area (Å²) >= 11 is 0. The second-order valence-corrected chi connectivity index (χ2v) is 4.54. The van der Waals surface area contributed by atoms with Crippen molar-refractivity contribution in [2.24, 2.45) is 7.05 Å². The summed E-state index contributed by atoms with van der Waals surface area (Å²) < 4.78 is 2.20. The van der Waals surface area contributed by atoms with Crippen molar-refractivity contribution in [3.05, 3.63) is 60.3 Å². The Morgan fingerprint density at radius 1 is 0.941 bits per heavy atom. The topological polar surface area (TPSA) is 4.93 Å². The van der Waals surface area contributed by atoms with E-state index in [0.29, 0.717) is 0 Å². The van der Waals surface area contributed by atoms with E-state index in [9.17, 15) is 0 Å². The highest BCUT2D eigenvalue weighted by atomic mass is 14.9. The number of nitrogens with zero attached hydrogens (tertiary/aromatic N) is 1. The van der Waals surface area contributed by atoms with Crippen LogP contribution in [-0.4, -0.2) is 4.57 Å². The molecule has 1 aromatic heterocycles. The number of hydrogen-bond acceptors (Lipinski definition) is 0. The smallest absolute Gasteiger partial charge is 0.0486 e. The van der Waals surface area contributed by atoms with Gasteiger partial charge in [-0.1, -0.05) is 42.5 Å². The van der Waals surface area contributed by atoms with Gasteiger partial charge in [-0.05, 0) is 24.1 Å². The van der Waals surface area contributed by atoms with Gasteiger partial charge in [-0.2, -0.15) is 0 Å². The van der Waals surface area contributed by atoms with Crippen molar-refractivity contribution in [1.29, 1.82) is 0 Å². The van der Waals surface area contributed by atoms with E-state index >= 15 is 0 Å². The zero-order chi connectivity index (χ0) is 11.8. The summed E-state index contributed by atoms with van der Waals surface area (Å²) in [7, 11) is 2.11. The average molecular weight is 221 g/mol. The molecular formula is C16H15N. The maximum Gasteiger partial charge on any atom is 0.0486 e. The van der Waals surface area contributed by atoms with Gasteiger partial charge >= 0.3 is 0 Å². The standard InChI is InChI=1S/C16H15N/c1-12-8-9-14-15(11-17(2)16(14)10-12)13-6-4-3-5-7-13/h3-11H,1-2H3. The summed E-state index contributed by atoms with van der Waals surface area (Å²) in [6.45, 7) is 2.13. The Morgan fingerprint density at radius 3 is 2.47 bits per heavy atom. The van der Waals surface area contributed by atoms with Gasteiger partial charge in [0, 0.05) is 29.7 Å². The molecule has 0 N–H and O–H groups in total. The van der Waals surface area contributed by atoms with Crippen molar-refractivity contribution in [3.63, 3.8) is 0 Å². The molecule has 0 fully saturated rings. The fourth-order valence-electron chi connectivity index (χ4n) is 2.34. The Bertz CT molecular complexity index is 663. The Morgan fingerprint density at radius 2 is 1.71 bits per heavy atom. The largest absolute Gasteiger partial charge is 0.350 e. The highest BCUT2D eigenvalue weighted by molar-refractivity contribution is 5.96. The van der Waals surface area contributed by atoms with Gasteiger partial charge in [0.2, 0.25) is 0 Å². The minimum atomic E-state index is 1.28. The van der Waals surface area contributed by atoms with E-state index in [4.69, 9.17) is 0 Å². The number of benzene rings is 2. The van der Waals surface area contributed by atoms with E-state index in [1.54, 1.807) is 0 Å². The van der Waals surface area contributed by atoms with Gasteiger partial charge in [0.1, 0.15) is 0 Å². The molecule has 1 nitrogen and oxygen atoms in total. The van der Waals surface area contributed by atoms with Crippen LogP contribution in [0.4, 0.5) is 0 Å². The lowest BCUT2D eigenvalue weighted by atomic mass is 10.0. The lowest BCUT2D eigenvalue weighted by molar-refractivity contribution is 0.969. The van der Waals surface area contributed by atoms with Gasteiger partial charge in [-0.3, -0.25) is 0 Å². The first kappa shape index (κ1) is 10.2. The normalized spacial score (nSPS) is 10.9. The van der Waals surface area contributed by atoms with Gasteiger partial charge in [0.25, 0.3) is 0 Å². The predicted molar refractivity (Wildman–Crippen MR) is 73.1 cm³/mol. The van der Waals surface area contributed by atoms with Gasteiger partial charge in [-0.15, -0.1) is 0 Å². The molecule has 3 aromatic rings. The summed E-state index contributed by atoms with van der Waals surface area (Å²) in [4.78, 5) is 0. The monoisotopic (exact) mass is 221 g/mol. The second kappa shape index (κ2) is 3.77. The number of aromatic nitrogens is 1. The molecule has 84 valence electrons. The van der Waals surface area contributed by atoms with E-state index in [2.05, 4.69) is 73.3 Å². The molecule has 3 rings (SSSR count). The Balaban J connectivity index is 2.32. The lowest BCUT2D eigenvalue weighted by Crippen LogP contribution is -1.83. The summed E-state index contributed by atoms with van der Waals surface area (Å²) in [6.07, 6.45) is 2.21. The fourth-order valence-corrected chi connectivity index (χ4v) is 2.34. The van der Waals surface area contributed by atoms with Gasteiger partial charge < -0.3 is 4.57 Å². The molecule has 0 saturated heterocycles. The Kier molecular flexibility index (Phi) is 2.25. The van der Waals surface area contributed by atoms with Crippen LogP contribution in [0.15, 0.2) is 54.7 Å². The van der Waals surface area contributed by atoms with Crippen molar-refractivity contribution < 1.29 is 0 Å². The quantitative estimate of drug-likeness (QED) is 0.581. The molecular weight excluding hydrogens is 206 g/mol. The van der Waals surface area contributed by atoms with E-state index < -0.39 is 0 Å². The molecule has 0 atom stereocenters. The SMILES string of the molecule is Cc1ccc2c(-c3ccccc3)cn(C)c2c1. The number of hydrogen-bond donors (Lipinski definition) is 0. The number of fused-ring (bicyclic) bond motifs is 1. The van der Waals surface area contributed by atoms with E-state index in [0.717, 1.165) is 0 Å². The first-order valence-corrected chi connectivity index (χ1v) is 5.87. The number of aryl methyl sites for hydroxylation is 2. The maximum atomic E-state index is 2.24. The first-order chi connectivity index (χ1) is 8.25. The molecule has 0 aliphatic heterocycles. The van der Waals surface area contributed by atoms with Crippen LogP contribution in [-0.2, 0) is 7.05 Å². The minimum absolute atomic E-state index is 1.28. The van der Waals surface area contributed by atoms with Crippen LogP contribution in [0.1, 0.15) is 5.56 Å². The van der Waals surface area contributed by atoms with Gasteiger partial charge in [0.15, 0.2) is 0 Å². The molecule has 1 heteroatoms. The zero-order valence-corrected chi connectivity index (χ0v) is 10.1. The van der Waals surface area contributed by atoms with Crippen molar-refractivity contribution in [2.75, 3.05) is 0 Å². The molecule has 0 aliphatic rings. The molecule has 17 heavy (non-hydrogen) atoms. The highest BCUT2D eigenvalue weighted by Crippen LogP contribution is 2.30. The van der Waals surface area contributed by atoms with E-state index in [-0.39, 0.29) is 0 Å². The zero-order valence-electron chi connectivity index (χ0n) is 10.1. The van der Waals surface area contributed by atoms with Crippen LogP contribution in [0.25, 0.3) is 22.0 Å². The second-order valence-electron chi connectivity index (χ2n) is 4.54. The third-order valence-electron chi connectivity index (χ3n) is 3.23. The Hall–Kier alpha value is -2.02. The van der Waals surface area contributed by atoms with Crippen LogP contribution < -0.4 is 0 Å². The maximum absolute atomic E-state index is 2.24. The molecule has 1 heterocycles. The summed E-state index contributed by atoms with van der Waals surface area (Å²) in [5.74, 6) is 0. The average Bonchev–Trinajstić information content (AvgIpc) is 2.68. The van der Waals surface area contributed by atoms with Crippen LogP contribution in [0.3, 0.4) is 0 Å². The van der Waals surface area contributed by atoms with E-state index in [1.807, 2.05) is 0 Å². The predicted octanol–water partition coefficient (Wildman–Crippen LogP) is 4.15. The third-order valence-corrected chi connectivity index (χ3v) is 3.23. The molecule has 0 saturated carbocycles. The third kappa shape index (κ3) is 1.64. The molecule has 0 amide bonds. The number of rotatable bonds is 1. The molecule has 0 unspecified atom stereocenters. The van der Waals surface area contributed by atoms with Gasteiger partial charge in [0.05, 0.1) is 0 Å². The van der Waals surface area contributed by atoms with Crippen LogP contribution in [0.5, 0.6) is 0 Å². The van der Waals surface area contributed by atoms with Crippen molar-refractivity contribution in [3.8, 4) is 11.1 Å². The summed E-state index contributed by atoms with van der Waals surface area (Å²) in [5, 5.41) is 1.32. The van der Waals surface area contributed by atoms with Crippen LogP contribution in [0.2, 0.25) is 0 Å². The first-order valence-electron chi connectivity index (χ1n) is 5.87. The van der Waals surface area contributed by atoms with Crippen molar-refractivity contribution >= 4 is 10.9 Å². The summed E-state index contributed by atoms with van der Waals surface area (Å²) in [6, 6.07) is 17.2.